The summed E-state index contributed by atoms with van der Waals surface area (Å²) < 4.78 is 58.1. The molecule has 0 saturated carbocycles. The zero-order chi connectivity index (χ0) is 34.7. The molecular formula is C26H70O10Si8. The van der Waals surface area contributed by atoms with Crippen molar-refractivity contribution in [3.8, 4) is 0 Å². The lowest BCUT2D eigenvalue weighted by molar-refractivity contribution is 0.0923. The second-order valence-electron chi connectivity index (χ2n) is 15.4. The van der Waals surface area contributed by atoms with Crippen LogP contribution >= 0.6 is 0 Å². The maximum Gasteiger partial charge on any atom is 0.314 e. The molecule has 0 aliphatic heterocycles. The van der Waals surface area contributed by atoms with Crippen LogP contribution in [0, 0.1) is 0 Å². The van der Waals surface area contributed by atoms with Gasteiger partial charge in [-0.1, -0.05) is 0 Å². The summed E-state index contributed by atoms with van der Waals surface area (Å²) in [4.78, 5) is 0. The van der Waals surface area contributed by atoms with Crippen LogP contribution in [0.1, 0.15) is 19.8 Å². The second kappa shape index (κ2) is 18.4. The van der Waals surface area contributed by atoms with E-state index in [9.17, 15) is 0 Å². The number of hydrogen-bond acceptors (Lipinski definition) is 10. The first-order valence-electron chi connectivity index (χ1n) is 16.2. The molecule has 0 amide bonds. The Kier molecular flexibility index (Phi) is 18.9. The molecule has 0 unspecified atom stereocenters. The van der Waals surface area contributed by atoms with Crippen molar-refractivity contribution >= 4 is 68.0 Å². The normalized spacial score (nSPS) is 14.9. The Hall–Kier alpha value is 1.34. The molecule has 0 spiro atoms. The van der Waals surface area contributed by atoms with E-state index in [4.69, 9.17) is 43.4 Å². The van der Waals surface area contributed by atoms with Crippen LogP contribution in [-0.4, -0.2) is 106 Å². The summed E-state index contributed by atoms with van der Waals surface area (Å²) in [5, 5.41) is 8.91. The molecule has 0 bridgehead atoms. The van der Waals surface area contributed by atoms with Gasteiger partial charge < -0.3 is 43.4 Å². The fourth-order valence-electron chi connectivity index (χ4n) is 6.03. The van der Waals surface area contributed by atoms with Gasteiger partial charge in [-0.2, -0.15) is 0 Å². The maximum absolute atomic E-state index is 8.91. The highest BCUT2D eigenvalue weighted by molar-refractivity contribution is 6.92. The van der Waals surface area contributed by atoms with Gasteiger partial charge in [0.25, 0.3) is 0 Å². The van der Waals surface area contributed by atoms with Gasteiger partial charge in [-0.25, -0.2) is 0 Å². The second-order valence-corrected chi connectivity index (χ2v) is 45.9. The Morgan fingerprint density at radius 2 is 0.659 bits per heavy atom. The number of rotatable bonds is 25. The van der Waals surface area contributed by atoms with Gasteiger partial charge in [0.2, 0.25) is 0 Å². The zero-order valence-electron chi connectivity index (χ0n) is 31.5. The van der Waals surface area contributed by atoms with E-state index in [1.807, 2.05) is 6.92 Å². The highest BCUT2D eigenvalue weighted by atomic mass is 28.5. The van der Waals surface area contributed by atoms with Crippen molar-refractivity contribution in [1.82, 2.24) is 0 Å². The van der Waals surface area contributed by atoms with Crippen LogP contribution in [0.2, 0.25) is 117 Å². The fraction of sp³-hybridized carbons (Fsp3) is 1.00. The first kappa shape index (κ1) is 45.3. The molecule has 0 aliphatic rings. The maximum atomic E-state index is 8.91. The molecule has 0 rings (SSSR count). The lowest BCUT2D eigenvalue weighted by Crippen LogP contribution is -2.61. The summed E-state index contributed by atoms with van der Waals surface area (Å²) in [6, 6.07) is 2.02. The van der Waals surface area contributed by atoms with Crippen LogP contribution < -0.4 is 0 Å². The van der Waals surface area contributed by atoms with Crippen molar-refractivity contribution in [3.63, 3.8) is 0 Å². The van der Waals surface area contributed by atoms with E-state index in [1.165, 1.54) is 0 Å². The van der Waals surface area contributed by atoms with Crippen LogP contribution in [0.15, 0.2) is 0 Å². The molecule has 44 heavy (non-hydrogen) atoms. The van der Waals surface area contributed by atoms with E-state index in [2.05, 4.69) is 105 Å². The quantitative estimate of drug-likeness (QED) is 0.0741. The Labute approximate surface area is 279 Å². The van der Waals surface area contributed by atoms with E-state index in [0.717, 1.165) is 38.1 Å². The predicted octanol–water partition coefficient (Wildman–Crippen LogP) is 7.55. The Balaban J connectivity index is 5.21. The lowest BCUT2D eigenvalue weighted by atomic mass is 10.5. The topological polar surface area (TPSA) is 103 Å². The average Bonchev–Trinajstić information content (AvgIpc) is 2.70. The third kappa shape index (κ3) is 22.8. The first-order valence-corrected chi connectivity index (χ1v) is 39.4. The Morgan fingerprint density at radius 3 is 0.932 bits per heavy atom. The van der Waals surface area contributed by atoms with Crippen LogP contribution in [0.3, 0.4) is 0 Å². The molecule has 0 radical (unpaired) electrons. The molecule has 0 aromatic rings. The summed E-state index contributed by atoms with van der Waals surface area (Å²) in [5.41, 5.74) is 0. The van der Waals surface area contributed by atoms with E-state index < -0.39 is 68.0 Å². The average molecular weight is 768 g/mol. The molecule has 0 fully saturated rings. The molecule has 0 aliphatic carbocycles. The lowest BCUT2D eigenvalue weighted by Gasteiger charge is -2.44. The van der Waals surface area contributed by atoms with Crippen molar-refractivity contribution in [2.75, 3.05) is 33.0 Å². The van der Waals surface area contributed by atoms with Crippen LogP contribution in [0.25, 0.3) is 0 Å². The number of ether oxygens (including phenoxy) is 2. The minimum absolute atomic E-state index is 0.0536. The first-order chi connectivity index (χ1) is 19.6. The van der Waals surface area contributed by atoms with Gasteiger partial charge in [0, 0.05) is 19.8 Å². The van der Waals surface area contributed by atoms with Gasteiger partial charge >= 0.3 is 51.4 Å². The standard InChI is InChI=1S/C26H70O10Si8/c1-18-28-22-19-25-37(2,3)30-39(6,7)32-41(10,11)34-43(14,15)36-44(16,17)35-42(12,13)33-40(8,9)31-38(4,5)26-20-23-29-24-21-27/h27H,18-26H2,1-17H3. The number of aliphatic hydroxyl groups excluding tert-OH is 1. The van der Waals surface area contributed by atoms with E-state index in [1.54, 1.807) is 0 Å². The Morgan fingerprint density at radius 1 is 0.386 bits per heavy atom. The van der Waals surface area contributed by atoms with Crippen molar-refractivity contribution in [2.24, 2.45) is 0 Å². The Bertz CT molecular complexity index is 827. The van der Waals surface area contributed by atoms with Crippen molar-refractivity contribution in [2.45, 2.75) is 137 Å². The third-order valence-corrected chi connectivity index (χ3v) is 37.2. The highest BCUT2D eigenvalue weighted by Gasteiger charge is 2.49. The van der Waals surface area contributed by atoms with Gasteiger partial charge in [0.05, 0.1) is 13.2 Å². The van der Waals surface area contributed by atoms with Crippen molar-refractivity contribution < 1.29 is 43.4 Å². The summed E-state index contributed by atoms with van der Waals surface area (Å²) in [5.74, 6) is 0. The summed E-state index contributed by atoms with van der Waals surface area (Å²) in [6.07, 6.45) is 1.93. The molecule has 1 N–H and O–H groups in total. The molecule has 0 heterocycles. The van der Waals surface area contributed by atoms with Gasteiger partial charge in [-0.3, -0.25) is 0 Å². The largest absolute Gasteiger partial charge is 0.436 e. The van der Waals surface area contributed by atoms with E-state index in [-0.39, 0.29) is 6.61 Å². The molecule has 18 heteroatoms. The summed E-state index contributed by atoms with van der Waals surface area (Å²) >= 11 is 0. The van der Waals surface area contributed by atoms with Gasteiger partial charge in [-0.15, -0.1) is 0 Å². The molecule has 0 saturated heterocycles. The molecule has 0 aromatic heterocycles. The van der Waals surface area contributed by atoms with Crippen LogP contribution in [0.4, 0.5) is 0 Å². The molecular weight excluding hydrogens is 697 g/mol. The SMILES string of the molecule is CCOCCC[Si](C)(C)O[Si](C)(C)O[Si](C)(C)O[Si](C)(C)O[Si](C)(C)O[Si](C)(C)O[Si](C)(C)O[Si](C)(C)CCCOCCO. The van der Waals surface area contributed by atoms with Gasteiger partial charge in [0.15, 0.2) is 16.6 Å². The van der Waals surface area contributed by atoms with Crippen molar-refractivity contribution in [3.05, 3.63) is 0 Å². The minimum atomic E-state index is -2.63. The van der Waals surface area contributed by atoms with Gasteiger partial charge in [0.1, 0.15) is 0 Å². The highest BCUT2D eigenvalue weighted by Crippen LogP contribution is 2.30. The summed E-state index contributed by atoms with van der Waals surface area (Å²) in [7, 11) is -19.2. The number of hydrogen-bond donors (Lipinski definition) is 1. The molecule has 0 aromatic carbocycles. The molecule has 0 atom stereocenters. The smallest absolute Gasteiger partial charge is 0.314 e. The van der Waals surface area contributed by atoms with Crippen LogP contribution in [-0.2, 0) is 38.3 Å². The molecule has 266 valence electrons. The van der Waals surface area contributed by atoms with Gasteiger partial charge in [-0.05, 0) is 137 Å². The van der Waals surface area contributed by atoms with Crippen LogP contribution in [0.5, 0.6) is 0 Å². The van der Waals surface area contributed by atoms with Crippen molar-refractivity contribution in [1.29, 1.82) is 0 Å². The third-order valence-electron chi connectivity index (χ3n) is 6.08. The zero-order valence-corrected chi connectivity index (χ0v) is 39.5. The minimum Gasteiger partial charge on any atom is -0.436 e. The fourth-order valence-corrected chi connectivity index (χ4v) is 46.4. The van der Waals surface area contributed by atoms with E-state index in [0.29, 0.717) is 13.2 Å². The summed E-state index contributed by atoms with van der Waals surface area (Å²) in [6.45, 7) is 38.8. The number of aliphatic hydroxyl groups is 1. The predicted molar refractivity (Wildman–Crippen MR) is 201 cm³/mol. The van der Waals surface area contributed by atoms with E-state index >= 15 is 0 Å². The monoisotopic (exact) mass is 766 g/mol. The molecule has 10 nitrogen and oxygen atoms in total.